The number of halogens is 1. The van der Waals surface area contributed by atoms with Crippen molar-refractivity contribution in [1.29, 1.82) is 0 Å². The normalized spacial score (nSPS) is 15.4. The predicted octanol–water partition coefficient (Wildman–Crippen LogP) is 4.88. The van der Waals surface area contributed by atoms with E-state index in [2.05, 4.69) is 15.1 Å². The van der Waals surface area contributed by atoms with Gasteiger partial charge in [-0.1, -0.05) is 6.07 Å². The fourth-order valence-electron chi connectivity index (χ4n) is 4.39. The molecule has 2 aromatic carbocycles. The molecule has 170 valence electrons. The zero-order valence-corrected chi connectivity index (χ0v) is 18.8. The smallest absolute Gasteiger partial charge is 0.264 e. The minimum absolute atomic E-state index is 0.0931. The van der Waals surface area contributed by atoms with E-state index in [-0.39, 0.29) is 17.4 Å². The molecule has 0 spiro atoms. The maximum atomic E-state index is 14.6. The van der Waals surface area contributed by atoms with Crippen molar-refractivity contribution in [2.24, 2.45) is 0 Å². The molecular weight excluding hydrogens is 433 g/mol. The van der Waals surface area contributed by atoms with Gasteiger partial charge in [-0.05, 0) is 62.2 Å². The van der Waals surface area contributed by atoms with Gasteiger partial charge in [0.15, 0.2) is 17.3 Å². The fourth-order valence-corrected chi connectivity index (χ4v) is 4.39. The van der Waals surface area contributed by atoms with Gasteiger partial charge in [-0.3, -0.25) is 14.3 Å². The molecule has 1 N–H and O–H groups in total. The molecule has 0 saturated carbocycles. The molecule has 0 radical (unpaired) electrons. The van der Waals surface area contributed by atoms with Crippen molar-refractivity contribution < 1.29 is 9.13 Å². The summed E-state index contributed by atoms with van der Waals surface area (Å²) >= 11 is 0. The maximum Gasteiger partial charge on any atom is 0.264 e. The molecule has 2 aromatic heterocycles. The zero-order chi connectivity index (χ0) is 23.8. The quantitative estimate of drug-likeness (QED) is 0.444. The zero-order valence-electron chi connectivity index (χ0n) is 18.8. The highest BCUT2D eigenvalue weighted by atomic mass is 19.1. The van der Waals surface area contributed by atoms with Crippen LogP contribution in [0.1, 0.15) is 30.4 Å². The molecule has 0 unspecified atom stereocenters. The SMILES string of the molecule is [C-]#[N+]c1cc(-c2ccc(C)nc2)c2nc([C@@H]3CCCN3)n(-c3ccc(OC)c(F)c3)c(=O)c2c1. The molecule has 0 amide bonds. The molecule has 1 aliphatic heterocycles. The van der Waals surface area contributed by atoms with Crippen molar-refractivity contribution in [1.82, 2.24) is 19.9 Å². The molecule has 1 aliphatic rings. The third-order valence-corrected chi connectivity index (χ3v) is 6.10. The molecule has 7 nitrogen and oxygen atoms in total. The first-order valence-corrected chi connectivity index (χ1v) is 11.0. The second-order valence-corrected chi connectivity index (χ2v) is 8.27. The lowest BCUT2D eigenvalue weighted by molar-refractivity contribution is 0.386. The van der Waals surface area contributed by atoms with Crippen molar-refractivity contribution in [3.8, 4) is 22.6 Å². The van der Waals surface area contributed by atoms with Gasteiger partial charge in [-0.15, -0.1) is 0 Å². The van der Waals surface area contributed by atoms with Crippen LogP contribution in [0, 0.1) is 19.3 Å². The number of hydrogen-bond donors (Lipinski definition) is 1. The molecule has 34 heavy (non-hydrogen) atoms. The number of hydrogen-bond acceptors (Lipinski definition) is 5. The summed E-state index contributed by atoms with van der Waals surface area (Å²) < 4.78 is 21.1. The van der Waals surface area contributed by atoms with E-state index in [9.17, 15) is 9.18 Å². The first-order chi connectivity index (χ1) is 16.5. The second-order valence-electron chi connectivity index (χ2n) is 8.27. The molecule has 5 rings (SSSR count). The van der Waals surface area contributed by atoms with Gasteiger partial charge in [-0.2, -0.15) is 0 Å². The number of ether oxygens (including phenoxy) is 1. The third kappa shape index (κ3) is 3.70. The van der Waals surface area contributed by atoms with E-state index < -0.39 is 5.82 Å². The minimum Gasteiger partial charge on any atom is -0.494 e. The van der Waals surface area contributed by atoms with Crippen molar-refractivity contribution in [3.05, 3.63) is 87.8 Å². The highest BCUT2D eigenvalue weighted by molar-refractivity contribution is 5.96. The maximum absolute atomic E-state index is 14.6. The summed E-state index contributed by atoms with van der Waals surface area (Å²) in [5.41, 5.74) is 3.12. The van der Waals surface area contributed by atoms with E-state index in [4.69, 9.17) is 16.3 Å². The number of nitrogens with zero attached hydrogens (tertiary/aromatic N) is 4. The Morgan fingerprint density at radius 3 is 2.74 bits per heavy atom. The van der Waals surface area contributed by atoms with Crippen LogP contribution >= 0.6 is 0 Å². The largest absolute Gasteiger partial charge is 0.494 e. The van der Waals surface area contributed by atoms with Crippen LogP contribution in [0.25, 0.3) is 32.6 Å². The van der Waals surface area contributed by atoms with Gasteiger partial charge in [0.2, 0.25) is 0 Å². The van der Waals surface area contributed by atoms with Gasteiger partial charge in [0.1, 0.15) is 5.82 Å². The highest BCUT2D eigenvalue weighted by Gasteiger charge is 2.25. The van der Waals surface area contributed by atoms with Crippen LogP contribution in [0.3, 0.4) is 0 Å². The van der Waals surface area contributed by atoms with Crippen molar-refractivity contribution in [2.45, 2.75) is 25.8 Å². The summed E-state index contributed by atoms with van der Waals surface area (Å²) in [6, 6.07) is 11.3. The van der Waals surface area contributed by atoms with Crippen LogP contribution in [0.4, 0.5) is 10.1 Å². The summed E-state index contributed by atoms with van der Waals surface area (Å²) in [6.45, 7) is 10.3. The summed E-state index contributed by atoms with van der Waals surface area (Å²) in [5.74, 6) is 0.0330. The van der Waals surface area contributed by atoms with E-state index in [1.165, 1.54) is 23.8 Å². The summed E-state index contributed by atoms with van der Waals surface area (Å²) in [5, 5.41) is 3.69. The topological polar surface area (TPSA) is 73.4 Å². The summed E-state index contributed by atoms with van der Waals surface area (Å²) in [4.78, 5) is 26.8. The molecule has 8 heteroatoms. The molecule has 0 bridgehead atoms. The van der Waals surface area contributed by atoms with E-state index in [1.807, 2.05) is 19.1 Å². The molecule has 1 saturated heterocycles. The van der Waals surface area contributed by atoms with Crippen LogP contribution in [-0.4, -0.2) is 28.2 Å². The summed E-state index contributed by atoms with van der Waals surface area (Å²) in [7, 11) is 1.39. The summed E-state index contributed by atoms with van der Waals surface area (Å²) in [6.07, 6.45) is 3.47. The Kier molecular flexibility index (Phi) is 5.56. The van der Waals surface area contributed by atoms with E-state index in [0.717, 1.165) is 30.6 Å². The van der Waals surface area contributed by atoms with Crippen LogP contribution < -0.4 is 15.6 Å². The van der Waals surface area contributed by atoms with Gasteiger partial charge in [0, 0.05) is 23.5 Å². The number of aromatic nitrogens is 3. The molecule has 1 fully saturated rings. The van der Waals surface area contributed by atoms with Crippen LogP contribution in [0.2, 0.25) is 0 Å². The number of pyridine rings is 1. The van der Waals surface area contributed by atoms with Gasteiger partial charge in [0.25, 0.3) is 5.56 Å². The number of aryl methyl sites for hydroxylation is 1. The third-order valence-electron chi connectivity index (χ3n) is 6.10. The number of rotatable bonds is 4. The van der Waals surface area contributed by atoms with Crippen molar-refractivity contribution in [3.63, 3.8) is 0 Å². The van der Waals surface area contributed by atoms with Gasteiger partial charge >= 0.3 is 0 Å². The lowest BCUT2D eigenvalue weighted by Gasteiger charge is -2.20. The Morgan fingerprint density at radius 2 is 2.09 bits per heavy atom. The van der Waals surface area contributed by atoms with Crippen LogP contribution in [-0.2, 0) is 0 Å². The average molecular weight is 455 g/mol. The molecular formula is C26H22FN5O2. The Bertz CT molecular complexity index is 1500. The first kappa shape index (κ1) is 21.7. The Morgan fingerprint density at radius 1 is 1.24 bits per heavy atom. The predicted molar refractivity (Wildman–Crippen MR) is 128 cm³/mol. The first-order valence-electron chi connectivity index (χ1n) is 11.0. The van der Waals surface area contributed by atoms with E-state index in [0.29, 0.717) is 33.7 Å². The van der Waals surface area contributed by atoms with Crippen molar-refractivity contribution in [2.75, 3.05) is 13.7 Å². The lowest BCUT2D eigenvalue weighted by Crippen LogP contribution is -2.29. The molecule has 1 atom stereocenters. The van der Waals surface area contributed by atoms with E-state index in [1.54, 1.807) is 24.4 Å². The van der Waals surface area contributed by atoms with Crippen LogP contribution in [0.15, 0.2) is 53.5 Å². The van der Waals surface area contributed by atoms with Crippen molar-refractivity contribution >= 4 is 16.6 Å². The molecule has 4 aromatic rings. The Balaban J connectivity index is 1.85. The number of methoxy groups -OCH3 is 1. The average Bonchev–Trinajstić information content (AvgIpc) is 3.39. The number of benzene rings is 2. The van der Waals surface area contributed by atoms with Gasteiger partial charge in [0.05, 0.1) is 36.3 Å². The lowest BCUT2D eigenvalue weighted by atomic mass is 10.0. The number of fused-ring (bicyclic) bond motifs is 1. The Hall–Kier alpha value is -4.09. The number of nitrogens with one attached hydrogen (secondary N) is 1. The van der Waals surface area contributed by atoms with Gasteiger partial charge < -0.3 is 10.1 Å². The van der Waals surface area contributed by atoms with Crippen LogP contribution in [0.5, 0.6) is 5.75 Å². The monoisotopic (exact) mass is 455 g/mol. The Labute approximate surface area is 195 Å². The minimum atomic E-state index is -0.571. The standard InChI is InChI=1S/C26H22FN5O2/c1-15-6-7-16(14-30-15)19-11-17(28-2)12-20-24(19)31-25(22-5-4-10-29-22)32(26(20)33)18-8-9-23(34-3)21(27)13-18/h6-9,11-14,22,29H,4-5,10H2,1,3H3/t22-/m0/s1. The van der Waals surface area contributed by atoms with Gasteiger partial charge in [-0.25, -0.2) is 14.2 Å². The highest BCUT2D eigenvalue weighted by Crippen LogP contribution is 2.33. The fraction of sp³-hybridized carbons (Fsp3) is 0.231. The second kappa shape index (κ2) is 8.69. The van der Waals surface area contributed by atoms with E-state index >= 15 is 0 Å². The molecule has 3 heterocycles. The molecule has 0 aliphatic carbocycles.